The number of rotatable bonds is 3. The molecule has 1 fully saturated rings. The monoisotopic (exact) mass is 174 g/mol. The van der Waals surface area contributed by atoms with Crippen molar-refractivity contribution in [1.82, 2.24) is 10.2 Å². The van der Waals surface area contributed by atoms with Crippen LogP contribution in [0, 0.1) is 0 Å². The van der Waals surface area contributed by atoms with E-state index in [9.17, 15) is 4.79 Å². The van der Waals surface area contributed by atoms with Crippen LogP contribution in [0.1, 0.15) is 6.42 Å². The second-order valence-corrected chi connectivity index (χ2v) is 2.83. The van der Waals surface area contributed by atoms with Gasteiger partial charge in [-0.1, -0.05) is 0 Å². The lowest BCUT2D eigenvalue weighted by Gasteiger charge is -2.27. The van der Waals surface area contributed by atoms with Crippen molar-refractivity contribution >= 4 is 5.91 Å². The predicted molar refractivity (Wildman–Crippen MR) is 42.3 cm³/mol. The quantitative estimate of drug-likeness (QED) is 0.438. The van der Waals surface area contributed by atoms with Crippen molar-refractivity contribution in [2.45, 2.75) is 12.7 Å². The molecule has 0 atom stereocenters. The molecule has 0 spiro atoms. The first-order chi connectivity index (χ1) is 5.70. The first-order valence-corrected chi connectivity index (χ1v) is 4.05. The Labute approximate surface area is 71.0 Å². The Hall–Kier alpha value is -0.650. The lowest BCUT2D eigenvalue weighted by atomic mass is 10.3. The maximum atomic E-state index is 11.1. The molecule has 0 bridgehead atoms. The zero-order valence-electron chi connectivity index (χ0n) is 6.86. The third-order valence-corrected chi connectivity index (χ3v) is 1.84. The van der Waals surface area contributed by atoms with Crippen LogP contribution in [0.25, 0.3) is 0 Å². The molecule has 0 aromatic rings. The molecule has 1 amide bonds. The number of nitrogens with zero attached hydrogens (tertiary/aromatic N) is 1. The lowest BCUT2D eigenvalue weighted by Crippen LogP contribution is -2.48. The number of amides is 1. The van der Waals surface area contributed by atoms with Gasteiger partial charge in [0.15, 0.2) is 6.29 Å². The van der Waals surface area contributed by atoms with Crippen LogP contribution in [0.2, 0.25) is 0 Å². The van der Waals surface area contributed by atoms with Crippen LogP contribution in [0.15, 0.2) is 0 Å². The predicted octanol–water partition coefficient (Wildman–Crippen LogP) is -1.88. The Morgan fingerprint density at radius 1 is 1.58 bits per heavy atom. The Kier molecular flexibility index (Phi) is 3.46. The summed E-state index contributed by atoms with van der Waals surface area (Å²) in [5, 5.41) is 20.1. The highest BCUT2D eigenvalue weighted by Gasteiger charge is 2.17. The number of carbonyl (C=O) groups excluding carboxylic acids is 1. The fourth-order valence-corrected chi connectivity index (χ4v) is 1.15. The molecule has 0 radical (unpaired) electrons. The van der Waals surface area contributed by atoms with Gasteiger partial charge in [-0.05, 0) is 0 Å². The highest BCUT2D eigenvalue weighted by atomic mass is 16.5. The van der Waals surface area contributed by atoms with E-state index in [1.54, 1.807) is 4.90 Å². The molecule has 0 aromatic heterocycles. The summed E-state index contributed by atoms with van der Waals surface area (Å²) in [5.74, 6) is 0.0295. The molecule has 5 heteroatoms. The number of piperazine rings is 1. The van der Waals surface area contributed by atoms with Crippen molar-refractivity contribution in [3.63, 3.8) is 0 Å². The van der Waals surface area contributed by atoms with E-state index in [1.807, 2.05) is 0 Å². The van der Waals surface area contributed by atoms with E-state index in [0.29, 0.717) is 19.6 Å². The fourth-order valence-electron chi connectivity index (χ4n) is 1.15. The highest BCUT2D eigenvalue weighted by Crippen LogP contribution is 1.97. The van der Waals surface area contributed by atoms with Gasteiger partial charge < -0.3 is 20.4 Å². The Balaban J connectivity index is 2.25. The second kappa shape index (κ2) is 4.39. The number of carbonyl (C=O) groups is 1. The van der Waals surface area contributed by atoms with Crippen molar-refractivity contribution in [3.05, 3.63) is 0 Å². The van der Waals surface area contributed by atoms with Crippen LogP contribution in [-0.2, 0) is 4.79 Å². The van der Waals surface area contributed by atoms with E-state index in [0.717, 1.165) is 6.54 Å². The first kappa shape index (κ1) is 9.44. The van der Waals surface area contributed by atoms with E-state index in [-0.39, 0.29) is 12.3 Å². The van der Waals surface area contributed by atoms with Gasteiger partial charge in [0.05, 0.1) is 6.54 Å². The molecule has 3 N–H and O–H groups in total. The molecule has 1 saturated heterocycles. The van der Waals surface area contributed by atoms with E-state index < -0.39 is 6.29 Å². The van der Waals surface area contributed by atoms with Crippen LogP contribution in [0.3, 0.4) is 0 Å². The summed E-state index contributed by atoms with van der Waals surface area (Å²) in [7, 11) is 0. The van der Waals surface area contributed by atoms with Crippen LogP contribution >= 0.6 is 0 Å². The molecule has 1 aliphatic heterocycles. The Morgan fingerprint density at radius 3 is 2.92 bits per heavy atom. The SMILES string of the molecule is O=C1CNCCN1CCC(O)O. The summed E-state index contributed by atoms with van der Waals surface area (Å²) in [6.07, 6.45) is -1.08. The number of aliphatic hydroxyl groups excluding tert-OH is 1. The number of nitrogens with one attached hydrogen (secondary N) is 1. The van der Waals surface area contributed by atoms with Gasteiger partial charge in [0.25, 0.3) is 0 Å². The maximum absolute atomic E-state index is 11.1. The van der Waals surface area contributed by atoms with Crippen molar-refractivity contribution in [1.29, 1.82) is 0 Å². The molecule has 0 unspecified atom stereocenters. The van der Waals surface area contributed by atoms with E-state index in [1.165, 1.54) is 0 Å². The minimum atomic E-state index is -1.31. The molecule has 0 aliphatic carbocycles. The first-order valence-electron chi connectivity index (χ1n) is 4.05. The van der Waals surface area contributed by atoms with E-state index in [4.69, 9.17) is 10.2 Å². The highest BCUT2D eigenvalue weighted by molar-refractivity contribution is 5.78. The fraction of sp³-hybridized carbons (Fsp3) is 0.857. The summed E-state index contributed by atoms with van der Waals surface area (Å²) < 4.78 is 0. The minimum Gasteiger partial charge on any atom is -0.368 e. The van der Waals surface area contributed by atoms with Gasteiger partial charge in [-0.25, -0.2) is 0 Å². The van der Waals surface area contributed by atoms with Crippen molar-refractivity contribution in [3.8, 4) is 0 Å². The number of aliphatic hydroxyl groups is 2. The Bertz CT molecular complexity index is 161. The van der Waals surface area contributed by atoms with Crippen LogP contribution in [0.4, 0.5) is 0 Å². The minimum absolute atomic E-state index is 0.0295. The summed E-state index contributed by atoms with van der Waals surface area (Å²) >= 11 is 0. The maximum Gasteiger partial charge on any atom is 0.236 e. The Morgan fingerprint density at radius 2 is 2.33 bits per heavy atom. The summed E-state index contributed by atoms with van der Waals surface area (Å²) in [6, 6.07) is 0. The molecule has 1 heterocycles. The molecular formula is C7H14N2O3. The van der Waals surface area contributed by atoms with Crippen LogP contribution < -0.4 is 5.32 Å². The summed E-state index contributed by atoms with van der Waals surface area (Å²) in [6.45, 7) is 2.23. The van der Waals surface area contributed by atoms with Gasteiger partial charge in [-0.3, -0.25) is 4.79 Å². The van der Waals surface area contributed by atoms with Crippen molar-refractivity contribution in [2.75, 3.05) is 26.2 Å². The molecule has 0 saturated carbocycles. The standard InChI is InChI=1S/C7H14N2O3/c10-6-5-8-2-4-9(6)3-1-7(11)12/h7-8,11-12H,1-5H2. The molecule has 1 rings (SSSR count). The third-order valence-electron chi connectivity index (χ3n) is 1.84. The molecule has 5 nitrogen and oxygen atoms in total. The average molecular weight is 174 g/mol. The zero-order chi connectivity index (χ0) is 8.97. The second-order valence-electron chi connectivity index (χ2n) is 2.83. The van der Waals surface area contributed by atoms with E-state index >= 15 is 0 Å². The van der Waals surface area contributed by atoms with Crippen molar-refractivity contribution in [2.24, 2.45) is 0 Å². The van der Waals surface area contributed by atoms with Crippen LogP contribution in [0.5, 0.6) is 0 Å². The average Bonchev–Trinajstić information content (AvgIpc) is 2.03. The third kappa shape index (κ3) is 2.77. The number of hydrogen-bond acceptors (Lipinski definition) is 4. The van der Waals surface area contributed by atoms with Gasteiger partial charge in [-0.2, -0.15) is 0 Å². The smallest absolute Gasteiger partial charge is 0.236 e. The van der Waals surface area contributed by atoms with Crippen molar-refractivity contribution < 1.29 is 15.0 Å². The van der Waals surface area contributed by atoms with E-state index in [2.05, 4.69) is 5.32 Å². The van der Waals surface area contributed by atoms with Crippen LogP contribution in [-0.4, -0.2) is 53.5 Å². The summed E-state index contributed by atoms with van der Waals surface area (Å²) in [4.78, 5) is 12.7. The van der Waals surface area contributed by atoms with Gasteiger partial charge in [-0.15, -0.1) is 0 Å². The van der Waals surface area contributed by atoms with Gasteiger partial charge >= 0.3 is 0 Å². The summed E-state index contributed by atoms with van der Waals surface area (Å²) in [5.41, 5.74) is 0. The molecule has 12 heavy (non-hydrogen) atoms. The molecule has 70 valence electrons. The van der Waals surface area contributed by atoms with Gasteiger partial charge in [0, 0.05) is 26.1 Å². The van der Waals surface area contributed by atoms with Gasteiger partial charge in [0.2, 0.25) is 5.91 Å². The molecule has 1 aliphatic rings. The largest absolute Gasteiger partial charge is 0.368 e. The normalized spacial score (nSPS) is 18.9. The topological polar surface area (TPSA) is 72.8 Å². The molecule has 0 aromatic carbocycles. The lowest BCUT2D eigenvalue weighted by molar-refractivity contribution is -0.133. The van der Waals surface area contributed by atoms with Gasteiger partial charge in [0.1, 0.15) is 0 Å². The molecular weight excluding hydrogens is 160 g/mol. The number of hydrogen-bond donors (Lipinski definition) is 3. The zero-order valence-corrected chi connectivity index (χ0v) is 6.86.